The molecule has 0 saturated carbocycles. The van der Waals surface area contributed by atoms with E-state index in [9.17, 15) is 14.9 Å². The lowest BCUT2D eigenvalue weighted by Gasteiger charge is -2.25. The van der Waals surface area contributed by atoms with Gasteiger partial charge in [-0.1, -0.05) is 18.2 Å². The molecule has 0 spiro atoms. The summed E-state index contributed by atoms with van der Waals surface area (Å²) in [5.74, 6) is 0.276. The van der Waals surface area contributed by atoms with E-state index in [4.69, 9.17) is 9.47 Å². The van der Waals surface area contributed by atoms with Crippen LogP contribution in [0.15, 0.2) is 42.5 Å². The second-order valence-corrected chi connectivity index (χ2v) is 5.75. The second-order valence-electron chi connectivity index (χ2n) is 5.75. The summed E-state index contributed by atoms with van der Waals surface area (Å²) >= 11 is 0. The molecule has 1 heterocycles. The van der Waals surface area contributed by atoms with E-state index in [2.05, 4.69) is 6.07 Å². The average Bonchev–Trinajstić information content (AvgIpc) is 2.92. The molecule has 3 rings (SSSR count). The van der Waals surface area contributed by atoms with Crippen LogP contribution in [0.1, 0.15) is 45.7 Å². The maximum atomic E-state index is 12.8. The number of amides is 2. The van der Waals surface area contributed by atoms with Gasteiger partial charge in [0.05, 0.1) is 43.4 Å². The van der Waals surface area contributed by atoms with Crippen LogP contribution in [-0.4, -0.2) is 30.4 Å². The normalized spacial score (nSPS) is 14.0. The Morgan fingerprint density at radius 1 is 1.08 bits per heavy atom. The van der Waals surface area contributed by atoms with Gasteiger partial charge in [0.1, 0.15) is 0 Å². The average molecular weight is 350 g/mol. The molecule has 1 aliphatic heterocycles. The quantitative estimate of drug-likeness (QED) is 0.747. The Bertz CT molecular complexity index is 866. The molecule has 0 saturated heterocycles. The molecule has 2 aromatic rings. The number of fused-ring (bicyclic) bond motifs is 1. The highest BCUT2D eigenvalue weighted by Crippen LogP contribution is 2.37. The van der Waals surface area contributed by atoms with Gasteiger partial charge >= 0.3 is 0 Å². The molecule has 0 aliphatic carbocycles. The lowest BCUT2D eigenvalue weighted by molar-refractivity contribution is 0.0584. The van der Waals surface area contributed by atoms with Crippen LogP contribution < -0.4 is 9.47 Å². The van der Waals surface area contributed by atoms with Crippen molar-refractivity contribution in [3.8, 4) is 17.6 Å². The molecule has 0 bridgehead atoms. The van der Waals surface area contributed by atoms with E-state index in [1.54, 1.807) is 42.5 Å². The fraction of sp³-hybridized carbons (Fsp3) is 0.250. The lowest BCUT2D eigenvalue weighted by atomic mass is 10.0. The number of ether oxygens (including phenoxy) is 2. The topological polar surface area (TPSA) is 79.6 Å². The number of benzene rings is 2. The van der Waals surface area contributed by atoms with Gasteiger partial charge in [0, 0.05) is 0 Å². The predicted octanol–water partition coefficient (Wildman–Crippen LogP) is 3.34. The van der Waals surface area contributed by atoms with Gasteiger partial charge in [0.2, 0.25) is 0 Å². The number of nitrogens with zero attached hydrogens (tertiary/aromatic N) is 2. The summed E-state index contributed by atoms with van der Waals surface area (Å²) < 4.78 is 10.9. The molecule has 2 amide bonds. The molecule has 0 fully saturated rings. The van der Waals surface area contributed by atoms with E-state index in [1.165, 1.54) is 7.11 Å². The zero-order chi connectivity index (χ0) is 18.7. The van der Waals surface area contributed by atoms with E-state index in [0.717, 1.165) is 4.90 Å². The number of methoxy groups -OCH3 is 1. The Hall–Kier alpha value is -3.33. The lowest BCUT2D eigenvalue weighted by Crippen LogP contribution is -2.34. The van der Waals surface area contributed by atoms with Gasteiger partial charge < -0.3 is 9.47 Å². The van der Waals surface area contributed by atoms with Gasteiger partial charge in [-0.25, -0.2) is 0 Å². The number of nitriles is 1. The first kappa shape index (κ1) is 17.5. The summed E-state index contributed by atoms with van der Waals surface area (Å²) in [4.78, 5) is 26.7. The minimum atomic E-state index is -0.697. The van der Waals surface area contributed by atoms with Crippen LogP contribution in [0.2, 0.25) is 0 Å². The Balaban J connectivity index is 2.02. The van der Waals surface area contributed by atoms with Crippen LogP contribution in [0.4, 0.5) is 0 Å². The number of hydrogen-bond acceptors (Lipinski definition) is 5. The molecule has 2 aromatic carbocycles. The van der Waals surface area contributed by atoms with Gasteiger partial charge in [0.25, 0.3) is 11.8 Å². The summed E-state index contributed by atoms with van der Waals surface area (Å²) in [7, 11) is 1.52. The first-order chi connectivity index (χ1) is 12.6. The third-order valence-corrected chi connectivity index (χ3v) is 4.29. The van der Waals surface area contributed by atoms with Gasteiger partial charge in [-0.3, -0.25) is 14.5 Å². The van der Waals surface area contributed by atoms with E-state index in [1.807, 2.05) is 6.92 Å². The van der Waals surface area contributed by atoms with Crippen molar-refractivity contribution in [2.24, 2.45) is 0 Å². The van der Waals surface area contributed by atoms with Crippen molar-refractivity contribution in [2.75, 3.05) is 13.7 Å². The molecule has 26 heavy (non-hydrogen) atoms. The first-order valence-corrected chi connectivity index (χ1v) is 8.27. The van der Waals surface area contributed by atoms with Gasteiger partial charge in [-0.2, -0.15) is 5.26 Å². The van der Waals surface area contributed by atoms with E-state index in [-0.39, 0.29) is 6.42 Å². The van der Waals surface area contributed by atoms with E-state index >= 15 is 0 Å². The molecule has 0 radical (unpaired) electrons. The van der Waals surface area contributed by atoms with Crippen LogP contribution in [0.25, 0.3) is 0 Å². The van der Waals surface area contributed by atoms with Crippen LogP contribution >= 0.6 is 0 Å². The highest BCUT2D eigenvalue weighted by Gasteiger charge is 2.40. The first-order valence-electron chi connectivity index (χ1n) is 8.27. The molecular formula is C20H18N2O4. The van der Waals surface area contributed by atoms with Crippen molar-refractivity contribution in [1.29, 1.82) is 5.26 Å². The summed E-state index contributed by atoms with van der Waals surface area (Å²) in [6.45, 7) is 2.35. The molecule has 6 nitrogen and oxygen atoms in total. The van der Waals surface area contributed by atoms with Gasteiger partial charge in [-0.05, 0) is 36.8 Å². The van der Waals surface area contributed by atoms with Crippen molar-refractivity contribution in [2.45, 2.75) is 19.4 Å². The van der Waals surface area contributed by atoms with Crippen molar-refractivity contribution in [3.63, 3.8) is 0 Å². The highest BCUT2D eigenvalue weighted by molar-refractivity contribution is 6.21. The fourth-order valence-electron chi connectivity index (χ4n) is 3.10. The second kappa shape index (κ2) is 7.28. The molecule has 0 aromatic heterocycles. The van der Waals surface area contributed by atoms with Gasteiger partial charge in [-0.15, -0.1) is 0 Å². The smallest absolute Gasteiger partial charge is 0.262 e. The number of carbonyl (C=O) groups is 2. The molecule has 0 N–H and O–H groups in total. The minimum absolute atomic E-state index is 0.0113. The Morgan fingerprint density at radius 2 is 1.73 bits per heavy atom. The van der Waals surface area contributed by atoms with E-state index in [0.29, 0.717) is 34.8 Å². The minimum Gasteiger partial charge on any atom is -0.493 e. The Labute approximate surface area is 151 Å². The third-order valence-electron chi connectivity index (χ3n) is 4.29. The van der Waals surface area contributed by atoms with Crippen LogP contribution in [-0.2, 0) is 0 Å². The predicted molar refractivity (Wildman–Crippen MR) is 94.1 cm³/mol. The highest BCUT2D eigenvalue weighted by atomic mass is 16.5. The monoisotopic (exact) mass is 350 g/mol. The van der Waals surface area contributed by atoms with Crippen LogP contribution in [0, 0.1) is 11.3 Å². The van der Waals surface area contributed by atoms with Crippen molar-refractivity contribution in [1.82, 2.24) is 4.90 Å². The molecule has 1 atom stereocenters. The van der Waals surface area contributed by atoms with Crippen LogP contribution in [0.5, 0.6) is 11.5 Å². The van der Waals surface area contributed by atoms with E-state index < -0.39 is 17.9 Å². The Morgan fingerprint density at radius 3 is 2.27 bits per heavy atom. The Kier molecular flexibility index (Phi) is 4.90. The largest absolute Gasteiger partial charge is 0.493 e. The van der Waals surface area contributed by atoms with Crippen LogP contribution in [0.3, 0.4) is 0 Å². The maximum Gasteiger partial charge on any atom is 0.262 e. The molecular weight excluding hydrogens is 332 g/mol. The number of rotatable bonds is 6. The number of carbonyl (C=O) groups excluding carboxylic acids is 2. The van der Waals surface area contributed by atoms with Crippen molar-refractivity contribution in [3.05, 3.63) is 59.2 Å². The summed E-state index contributed by atoms with van der Waals surface area (Å²) in [6.07, 6.45) is -0.0113. The SMILES string of the molecule is CCOc1ccc(C(CC#N)N2C(=O)c3ccccc3C2=O)cc1OC. The summed E-state index contributed by atoms with van der Waals surface area (Å²) in [5, 5.41) is 9.26. The van der Waals surface area contributed by atoms with Crippen molar-refractivity contribution >= 4 is 11.8 Å². The van der Waals surface area contributed by atoms with Gasteiger partial charge in [0.15, 0.2) is 11.5 Å². The molecule has 1 unspecified atom stereocenters. The summed E-state index contributed by atoms with van der Waals surface area (Å²) in [5.41, 5.74) is 1.36. The summed E-state index contributed by atoms with van der Waals surface area (Å²) in [6, 6.07) is 13.2. The molecule has 6 heteroatoms. The molecule has 1 aliphatic rings. The fourth-order valence-corrected chi connectivity index (χ4v) is 3.10. The number of imide groups is 1. The third kappa shape index (κ3) is 2.88. The zero-order valence-electron chi connectivity index (χ0n) is 14.6. The zero-order valence-corrected chi connectivity index (χ0v) is 14.6. The standard InChI is InChI=1S/C20H18N2O4/c1-3-26-17-9-8-13(12-18(17)25-2)16(10-11-21)22-19(23)14-6-4-5-7-15(14)20(22)24/h4-9,12,16H,3,10H2,1-2H3. The molecule has 132 valence electrons. The maximum absolute atomic E-state index is 12.8. The number of hydrogen-bond donors (Lipinski definition) is 0. The van der Waals surface area contributed by atoms with Crippen molar-refractivity contribution < 1.29 is 19.1 Å².